The Morgan fingerprint density at radius 1 is 1.00 bits per heavy atom. The second-order valence-corrected chi connectivity index (χ2v) is 5.28. The average molecular weight is 313 g/mol. The predicted octanol–water partition coefficient (Wildman–Crippen LogP) is 4.58. The molecule has 0 spiro atoms. The van der Waals surface area contributed by atoms with Crippen LogP contribution in [0.25, 0.3) is 0 Å². The lowest BCUT2D eigenvalue weighted by Crippen LogP contribution is -2.15. The molecule has 0 saturated carbocycles. The molecule has 0 N–H and O–H groups in total. The van der Waals surface area contributed by atoms with Crippen LogP contribution in [-0.4, -0.2) is 13.2 Å². The second kappa shape index (κ2) is 5.51. The maximum Gasteiger partial charge on any atom is 0.162 e. The third-order valence-corrected chi connectivity index (χ3v) is 3.91. The Hall–Kier alpha value is -1.45. The van der Waals surface area contributed by atoms with Crippen LogP contribution in [0, 0.1) is 5.82 Å². The fraction of sp³-hybridized carbons (Fsp3) is 0.200. The Balaban J connectivity index is 1.98. The van der Waals surface area contributed by atoms with Gasteiger partial charge in [-0.25, -0.2) is 4.39 Å². The first kappa shape index (κ1) is 13.5. The summed E-state index contributed by atoms with van der Waals surface area (Å²) >= 11 is 12.7. The maximum atomic E-state index is 13.0. The van der Waals surface area contributed by atoms with Crippen molar-refractivity contribution in [3.63, 3.8) is 0 Å². The fourth-order valence-corrected chi connectivity index (χ4v) is 2.73. The third kappa shape index (κ3) is 2.56. The van der Waals surface area contributed by atoms with Crippen molar-refractivity contribution in [3.05, 3.63) is 58.4 Å². The zero-order valence-corrected chi connectivity index (χ0v) is 11.9. The molecule has 5 heteroatoms. The molecule has 0 aliphatic carbocycles. The summed E-state index contributed by atoms with van der Waals surface area (Å²) < 4.78 is 23.9. The summed E-state index contributed by atoms with van der Waals surface area (Å²) in [6.45, 7) is 1.00. The minimum absolute atomic E-state index is 0.300. The molecule has 0 aromatic heterocycles. The zero-order chi connectivity index (χ0) is 14.1. The topological polar surface area (TPSA) is 18.5 Å². The monoisotopic (exact) mass is 312 g/mol. The van der Waals surface area contributed by atoms with E-state index < -0.39 is 5.38 Å². The van der Waals surface area contributed by atoms with Gasteiger partial charge in [-0.05, 0) is 29.3 Å². The second-order valence-electron chi connectivity index (χ2n) is 4.43. The highest BCUT2D eigenvalue weighted by Gasteiger charge is 2.20. The van der Waals surface area contributed by atoms with Crippen molar-refractivity contribution in [1.82, 2.24) is 0 Å². The van der Waals surface area contributed by atoms with Gasteiger partial charge in [0.25, 0.3) is 0 Å². The van der Waals surface area contributed by atoms with Crippen LogP contribution >= 0.6 is 23.2 Å². The van der Waals surface area contributed by atoms with Gasteiger partial charge in [0.2, 0.25) is 0 Å². The Morgan fingerprint density at radius 2 is 1.60 bits per heavy atom. The standard InChI is InChI=1S/C15H11Cl2FO2/c16-12-8-14-13(19-5-6-20-14)7-11(12)15(17)9-1-3-10(18)4-2-9/h1-4,7-8,15H,5-6H2. The lowest BCUT2D eigenvalue weighted by Gasteiger charge is -2.21. The summed E-state index contributed by atoms with van der Waals surface area (Å²) in [4.78, 5) is 0. The van der Waals surface area contributed by atoms with Gasteiger partial charge in [-0.1, -0.05) is 23.7 Å². The van der Waals surface area contributed by atoms with E-state index in [1.807, 2.05) is 0 Å². The van der Waals surface area contributed by atoms with E-state index in [9.17, 15) is 4.39 Å². The van der Waals surface area contributed by atoms with Gasteiger partial charge < -0.3 is 9.47 Å². The molecule has 2 nitrogen and oxygen atoms in total. The highest BCUT2D eigenvalue weighted by Crippen LogP contribution is 2.41. The minimum atomic E-state index is -0.473. The minimum Gasteiger partial charge on any atom is -0.486 e. The van der Waals surface area contributed by atoms with Gasteiger partial charge in [-0.3, -0.25) is 0 Å². The van der Waals surface area contributed by atoms with E-state index >= 15 is 0 Å². The van der Waals surface area contributed by atoms with Gasteiger partial charge in [0.15, 0.2) is 11.5 Å². The van der Waals surface area contributed by atoms with Crippen LogP contribution in [0.4, 0.5) is 4.39 Å². The van der Waals surface area contributed by atoms with Crippen molar-refractivity contribution < 1.29 is 13.9 Å². The van der Waals surface area contributed by atoms with E-state index in [1.165, 1.54) is 12.1 Å². The van der Waals surface area contributed by atoms with Crippen molar-refractivity contribution in [2.75, 3.05) is 13.2 Å². The van der Waals surface area contributed by atoms with E-state index in [0.717, 1.165) is 5.56 Å². The van der Waals surface area contributed by atoms with Gasteiger partial charge in [-0.2, -0.15) is 0 Å². The highest BCUT2D eigenvalue weighted by atomic mass is 35.5. The molecule has 1 heterocycles. The van der Waals surface area contributed by atoms with Gasteiger partial charge in [0.1, 0.15) is 19.0 Å². The predicted molar refractivity (Wildman–Crippen MR) is 76.5 cm³/mol. The molecule has 3 rings (SSSR count). The summed E-state index contributed by atoms with van der Waals surface area (Å²) in [5.74, 6) is 0.947. The largest absolute Gasteiger partial charge is 0.486 e. The van der Waals surface area contributed by atoms with Gasteiger partial charge in [0, 0.05) is 11.1 Å². The number of ether oxygens (including phenoxy) is 2. The maximum absolute atomic E-state index is 13.0. The number of halogens is 3. The lowest BCUT2D eigenvalue weighted by atomic mass is 10.0. The number of rotatable bonds is 2. The molecule has 0 radical (unpaired) electrons. The van der Waals surface area contributed by atoms with Crippen LogP contribution in [0.1, 0.15) is 16.5 Å². The van der Waals surface area contributed by atoms with E-state index in [4.69, 9.17) is 32.7 Å². The summed E-state index contributed by atoms with van der Waals surface area (Å²) in [6.07, 6.45) is 0. The number of hydrogen-bond donors (Lipinski definition) is 0. The quantitative estimate of drug-likeness (QED) is 0.756. The van der Waals surface area contributed by atoms with E-state index in [1.54, 1.807) is 24.3 Å². The smallest absolute Gasteiger partial charge is 0.162 e. The highest BCUT2D eigenvalue weighted by molar-refractivity contribution is 6.33. The first-order chi connectivity index (χ1) is 9.65. The normalized spacial score (nSPS) is 14.9. The van der Waals surface area contributed by atoms with Crippen LogP contribution in [0.15, 0.2) is 36.4 Å². The van der Waals surface area contributed by atoms with Crippen LogP contribution in [-0.2, 0) is 0 Å². The Labute approximate surface area is 126 Å². The van der Waals surface area contributed by atoms with Crippen LogP contribution in [0.2, 0.25) is 5.02 Å². The molecule has 0 bridgehead atoms. The van der Waals surface area contributed by atoms with Gasteiger partial charge >= 0.3 is 0 Å². The summed E-state index contributed by atoms with van der Waals surface area (Å²) in [5, 5.41) is 0.0255. The molecule has 104 valence electrons. The van der Waals surface area contributed by atoms with Crippen LogP contribution < -0.4 is 9.47 Å². The number of hydrogen-bond acceptors (Lipinski definition) is 2. The fourth-order valence-electron chi connectivity index (χ4n) is 2.09. The molecule has 1 unspecified atom stereocenters. The Morgan fingerprint density at radius 3 is 2.25 bits per heavy atom. The van der Waals surface area contributed by atoms with Crippen molar-refractivity contribution >= 4 is 23.2 Å². The molecule has 0 saturated heterocycles. The molecule has 1 aliphatic heterocycles. The van der Waals surface area contributed by atoms with E-state index in [0.29, 0.717) is 35.3 Å². The van der Waals surface area contributed by atoms with Crippen LogP contribution in [0.5, 0.6) is 11.5 Å². The number of fused-ring (bicyclic) bond motifs is 1. The van der Waals surface area contributed by atoms with Crippen LogP contribution in [0.3, 0.4) is 0 Å². The molecule has 1 atom stereocenters. The molecular formula is C15H11Cl2FO2. The molecule has 20 heavy (non-hydrogen) atoms. The SMILES string of the molecule is Fc1ccc(C(Cl)c2cc3c(cc2Cl)OCCO3)cc1. The first-order valence-electron chi connectivity index (χ1n) is 6.14. The van der Waals surface area contributed by atoms with E-state index in [2.05, 4.69) is 0 Å². The van der Waals surface area contributed by atoms with Crippen molar-refractivity contribution in [2.45, 2.75) is 5.38 Å². The number of benzene rings is 2. The van der Waals surface area contributed by atoms with Gasteiger partial charge in [0.05, 0.1) is 5.38 Å². The molecule has 2 aromatic rings. The summed E-state index contributed by atoms with van der Waals surface area (Å²) in [7, 11) is 0. The third-order valence-electron chi connectivity index (χ3n) is 3.10. The van der Waals surface area contributed by atoms with Crippen molar-refractivity contribution in [1.29, 1.82) is 0 Å². The summed E-state index contributed by atoms with van der Waals surface area (Å²) in [5.41, 5.74) is 1.48. The molecule has 0 amide bonds. The molecular weight excluding hydrogens is 302 g/mol. The Kier molecular flexibility index (Phi) is 3.72. The molecule has 1 aliphatic rings. The average Bonchev–Trinajstić information content (AvgIpc) is 2.46. The summed E-state index contributed by atoms with van der Waals surface area (Å²) in [6, 6.07) is 9.50. The molecule has 0 fully saturated rings. The first-order valence-corrected chi connectivity index (χ1v) is 6.95. The van der Waals surface area contributed by atoms with Crippen molar-refractivity contribution in [3.8, 4) is 11.5 Å². The number of alkyl halides is 1. The van der Waals surface area contributed by atoms with E-state index in [-0.39, 0.29) is 5.82 Å². The van der Waals surface area contributed by atoms with Crippen molar-refractivity contribution in [2.24, 2.45) is 0 Å². The zero-order valence-electron chi connectivity index (χ0n) is 10.4. The van der Waals surface area contributed by atoms with Gasteiger partial charge in [-0.15, -0.1) is 11.6 Å². The lowest BCUT2D eigenvalue weighted by molar-refractivity contribution is 0.171. The Bertz CT molecular complexity index is 629. The molecule has 2 aromatic carbocycles.